The summed E-state index contributed by atoms with van der Waals surface area (Å²) >= 11 is 0. The van der Waals surface area contributed by atoms with Crippen LogP contribution in [0.2, 0.25) is 0 Å². The van der Waals surface area contributed by atoms with E-state index in [1.54, 1.807) is 6.20 Å². The van der Waals surface area contributed by atoms with Crippen LogP contribution in [-0.4, -0.2) is 59.7 Å². The number of nitrogens with zero attached hydrogens (tertiary/aromatic N) is 4. The van der Waals surface area contributed by atoms with Gasteiger partial charge in [0.2, 0.25) is 5.91 Å². The van der Waals surface area contributed by atoms with Gasteiger partial charge in [-0.3, -0.25) is 9.69 Å². The van der Waals surface area contributed by atoms with Crippen molar-refractivity contribution >= 4 is 17.4 Å². The van der Waals surface area contributed by atoms with E-state index in [0.29, 0.717) is 30.9 Å². The van der Waals surface area contributed by atoms with E-state index in [1.165, 1.54) is 11.2 Å². The minimum atomic E-state index is -4.24. The number of likely N-dealkylation sites (tertiary alicyclic amines) is 1. The first kappa shape index (κ1) is 17.9. The van der Waals surface area contributed by atoms with Gasteiger partial charge in [0.1, 0.15) is 12.0 Å². The number of amides is 1. The van der Waals surface area contributed by atoms with Gasteiger partial charge < -0.3 is 10.2 Å². The summed E-state index contributed by atoms with van der Waals surface area (Å²) < 4.78 is 37.7. The Bertz CT molecular complexity index is 604. The maximum absolute atomic E-state index is 12.6. The van der Waals surface area contributed by atoms with Crippen molar-refractivity contribution in [3.05, 3.63) is 12.5 Å². The number of carbonyl (C=O) groups excluding carboxylic acids is 1. The number of alkyl halides is 3. The lowest BCUT2D eigenvalue weighted by Gasteiger charge is -2.32. The zero-order valence-electron chi connectivity index (χ0n) is 13.9. The maximum Gasteiger partial charge on any atom is 0.401 e. The summed E-state index contributed by atoms with van der Waals surface area (Å²) in [4.78, 5) is 24.2. The van der Waals surface area contributed by atoms with Gasteiger partial charge in [-0.15, -0.1) is 0 Å². The molecule has 9 heteroatoms. The van der Waals surface area contributed by atoms with Crippen molar-refractivity contribution in [1.29, 1.82) is 0 Å². The minimum Gasteiger partial charge on any atom is -0.355 e. The number of hydrogen-bond donors (Lipinski definition) is 1. The highest BCUT2D eigenvalue weighted by atomic mass is 19.4. The third kappa shape index (κ3) is 4.81. The molecule has 1 amide bonds. The molecular weight excluding hydrogens is 335 g/mol. The van der Waals surface area contributed by atoms with Crippen molar-refractivity contribution in [2.75, 3.05) is 42.9 Å². The Morgan fingerprint density at radius 3 is 2.72 bits per heavy atom. The van der Waals surface area contributed by atoms with Crippen LogP contribution in [0.4, 0.5) is 24.7 Å². The van der Waals surface area contributed by atoms with Gasteiger partial charge in [0.25, 0.3) is 0 Å². The molecule has 1 N–H and O–H groups in total. The number of aromatic nitrogens is 2. The van der Waals surface area contributed by atoms with Crippen molar-refractivity contribution in [3.63, 3.8) is 0 Å². The molecule has 3 rings (SSSR count). The van der Waals surface area contributed by atoms with Gasteiger partial charge in [-0.05, 0) is 32.2 Å². The Kier molecular flexibility index (Phi) is 5.41. The normalized spacial score (nSPS) is 22.2. The molecule has 2 fully saturated rings. The van der Waals surface area contributed by atoms with E-state index >= 15 is 0 Å². The second-order valence-electron chi connectivity index (χ2n) is 6.63. The lowest BCUT2D eigenvalue weighted by molar-refractivity contribution is -0.151. The van der Waals surface area contributed by atoms with Crippen LogP contribution >= 0.6 is 0 Å². The van der Waals surface area contributed by atoms with Crippen molar-refractivity contribution in [2.24, 2.45) is 5.92 Å². The fourth-order valence-corrected chi connectivity index (χ4v) is 3.49. The monoisotopic (exact) mass is 357 g/mol. The SMILES string of the molecule is O=C(Nc1cncnc1N1CCCC1)C1CCCN(CC(F)(F)F)C1. The van der Waals surface area contributed by atoms with Gasteiger partial charge in [0.15, 0.2) is 5.82 Å². The number of halogens is 3. The summed E-state index contributed by atoms with van der Waals surface area (Å²) in [5, 5.41) is 2.83. The van der Waals surface area contributed by atoms with E-state index in [1.807, 2.05) is 0 Å². The minimum absolute atomic E-state index is 0.123. The van der Waals surface area contributed by atoms with E-state index < -0.39 is 18.6 Å². The van der Waals surface area contributed by atoms with Crippen LogP contribution in [0.1, 0.15) is 25.7 Å². The summed E-state index contributed by atoms with van der Waals surface area (Å²) in [5.74, 6) is -0.0336. The zero-order valence-corrected chi connectivity index (χ0v) is 13.9. The number of nitrogens with one attached hydrogen (secondary N) is 1. The lowest BCUT2D eigenvalue weighted by atomic mass is 9.97. The van der Waals surface area contributed by atoms with Crippen LogP contribution in [0.15, 0.2) is 12.5 Å². The van der Waals surface area contributed by atoms with Crippen LogP contribution in [0.5, 0.6) is 0 Å². The molecule has 2 aliphatic rings. The molecule has 2 saturated heterocycles. The molecule has 0 aromatic carbocycles. The Morgan fingerprint density at radius 2 is 2.00 bits per heavy atom. The summed E-state index contributed by atoms with van der Waals surface area (Å²) in [6.07, 6.45) is 2.07. The van der Waals surface area contributed by atoms with Crippen LogP contribution < -0.4 is 10.2 Å². The molecule has 6 nitrogen and oxygen atoms in total. The van der Waals surface area contributed by atoms with Gasteiger partial charge in [0.05, 0.1) is 18.7 Å². The van der Waals surface area contributed by atoms with E-state index in [9.17, 15) is 18.0 Å². The van der Waals surface area contributed by atoms with Crippen molar-refractivity contribution in [1.82, 2.24) is 14.9 Å². The molecule has 0 radical (unpaired) electrons. The predicted molar refractivity (Wildman–Crippen MR) is 87.3 cm³/mol. The van der Waals surface area contributed by atoms with Crippen molar-refractivity contribution in [2.45, 2.75) is 31.9 Å². The van der Waals surface area contributed by atoms with E-state index in [0.717, 1.165) is 25.9 Å². The quantitative estimate of drug-likeness (QED) is 0.896. The number of hydrogen-bond acceptors (Lipinski definition) is 5. The molecule has 138 valence electrons. The lowest BCUT2D eigenvalue weighted by Crippen LogP contribution is -2.44. The summed E-state index contributed by atoms with van der Waals surface area (Å²) in [6.45, 7) is 1.28. The molecule has 0 aliphatic carbocycles. The third-order valence-corrected chi connectivity index (χ3v) is 4.63. The molecule has 25 heavy (non-hydrogen) atoms. The Balaban J connectivity index is 1.64. The van der Waals surface area contributed by atoms with Crippen LogP contribution in [0, 0.1) is 5.92 Å². The predicted octanol–water partition coefficient (Wildman–Crippen LogP) is 2.29. The fourth-order valence-electron chi connectivity index (χ4n) is 3.49. The first-order valence-electron chi connectivity index (χ1n) is 8.57. The average Bonchev–Trinajstić information content (AvgIpc) is 3.08. The second kappa shape index (κ2) is 7.55. The molecule has 1 unspecified atom stereocenters. The first-order chi connectivity index (χ1) is 11.9. The molecule has 0 bridgehead atoms. The molecule has 1 aromatic rings. The number of piperidine rings is 1. The molecular formula is C16H22F3N5O. The summed E-state index contributed by atoms with van der Waals surface area (Å²) in [6, 6.07) is 0. The van der Waals surface area contributed by atoms with Crippen LogP contribution in [0.25, 0.3) is 0 Å². The topological polar surface area (TPSA) is 61.4 Å². The van der Waals surface area contributed by atoms with Crippen LogP contribution in [-0.2, 0) is 4.79 Å². The van der Waals surface area contributed by atoms with Crippen LogP contribution in [0.3, 0.4) is 0 Å². The van der Waals surface area contributed by atoms with E-state index in [-0.39, 0.29) is 12.5 Å². The smallest absolute Gasteiger partial charge is 0.355 e. The fraction of sp³-hybridized carbons (Fsp3) is 0.688. The summed E-state index contributed by atoms with van der Waals surface area (Å²) in [5.41, 5.74) is 0.530. The van der Waals surface area contributed by atoms with Crippen molar-refractivity contribution in [3.8, 4) is 0 Å². The highest BCUT2D eigenvalue weighted by Gasteiger charge is 2.35. The number of rotatable bonds is 4. The van der Waals surface area contributed by atoms with Gasteiger partial charge in [0, 0.05) is 19.6 Å². The average molecular weight is 357 g/mol. The highest BCUT2D eigenvalue weighted by molar-refractivity contribution is 5.95. The largest absolute Gasteiger partial charge is 0.401 e. The first-order valence-corrected chi connectivity index (χ1v) is 8.57. The zero-order chi connectivity index (χ0) is 17.9. The van der Waals surface area contributed by atoms with E-state index in [2.05, 4.69) is 20.2 Å². The highest BCUT2D eigenvalue weighted by Crippen LogP contribution is 2.27. The maximum atomic E-state index is 12.6. The van der Waals surface area contributed by atoms with Gasteiger partial charge >= 0.3 is 6.18 Å². The Morgan fingerprint density at radius 1 is 1.24 bits per heavy atom. The summed E-state index contributed by atoms with van der Waals surface area (Å²) in [7, 11) is 0. The molecule has 1 atom stereocenters. The van der Waals surface area contributed by atoms with Gasteiger partial charge in [-0.1, -0.05) is 0 Å². The number of carbonyl (C=O) groups is 1. The molecule has 0 saturated carbocycles. The van der Waals surface area contributed by atoms with Crippen molar-refractivity contribution < 1.29 is 18.0 Å². The van der Waals surface area contributed by atoms with Gasteiger partial charge in [-0.2, -0.15) is 13.2 Å². The molecule has 3 heterocycles. The third-order valence-electron chi connectivity index (χ3n) is 4.63. The Hall–Kier alpha value is -1.90. The molecule has 2 aliphatic heterocycles. The molecule has 1 aromatic heterocycles. The van der Waals surface area contributed by atoms with Gasteiger partial charge in [-0.25, -0.2) is 9.97 Å². The second-order valence-corrected chi connectivity index (χ2v) is 6.63. The molecule has 0 spiro atoms. The van der Waals surface area contributed by atoms with E-state index in [4.69, 9.17) is 0 Å². The standard InChI is InChI=1S/C16H22F3N5O/c17-16(18,19)10-23-5-3-4-12(9-23)15(25)22-13-8-20-11-21-14(13)24-6-1-2-7-24/h8,11-12H,1-7,9-10H2,(H,22,25). The Labute approximate surface area is 144 Å². The number of anilines is 2.